The Labute approximate surface area is 126 Å². The van der Waals surface area contributed by atoms with Crippen molar-refractivity contribution in [3.8, 4) is 5.69 Å². The molecule has 3 aromatic rings. The van der Waals surface area contributed by atoms with E-state index in [4.69, 9.17) is 5.73 Å². The average Bonchev–Trinajstić information content (AvgIpc) is 2.53. The summed E-state index contributed by atoms with van der Waals surface area (Å²) in [6.07, 6.45) is 1.67. The lowest BCUT2D eigenvalue weighted by Crippen LogP contribution is -2.32. The molecule has 108 valence electrons. The Balaban J connectivity index is 2.44. The molecule has 0 aliphatic heterocycles. The maximum atomic E-state index is 11.7. The summed E-state index contributed by atoms with van der Waals surface area (Å²) in [5.74, 6) is -1.75. The molecule has 22 heavy (non-hydrogen) atoms. The van der Waals surface area contributed by atoms with Crippen molar-refractivity contribution in [3.63, 3.8) is 0 Å². The fourth-order valence-electron chi connectivity index (χ4n) is 2.53. The number of carboxylic acids is 1. The van der Waals surface area contributed by atoms with Gasteiger partial charge in [-0.1, -0.05) is 24.3 Å². The lowest BCUT2D eigenvalue weighted by Gasteiger charge is -2.06. The van der Waals surface area contributed by atoms with E-state index < -0.39 is 11.9 Å². The average molecular weight is 293 g/mol. The molecule has 5 nitrogen and oxygen atoms in total. The normalized spacial score (nSPS) is 10.5. The van der Waals surface area contributed by atoms with Gasteiger partial charge in [-0.05, 0) is 6.07 Å². The molecule has 0 aliphatic carbocycles. The molecule has 0 spiro atoms. The van der Waals surface area contributed by atoms with E-state index in [9.17, 15) is 14.7 Å². The number of pyridine rings is 1. The van der Waals surface area contributed by atoms with Gasteiger partial charge in [0, 0.05) is 24.3 Å². The van der Waals surface area contributed by atoms with Crippen molar-refractivity contribution in [3.05, 3.63) is 71.9 Å². The van der Waals surface area contributed by atoms with Gasteiger partial charge in [0.05, 0.1) is 16.5 Å². The number of aromatic carboxylic acids is 1. The third-order valence-corrected chi connectivity index (χ3v) is 3.49. The highest BCUT2D eigenvalue weighted by Crippen LogP contribution is 2.21. The zero-order valence-corrected chi connectivity index (χ0v) is 11.6. The molecule has 1 amide bonds. The van der Waals surface area contributed by atoms with Crippen LogP contribution < -0.4 is 10.3 Å². The first-order valence-electron chi connectivity index (χ1n) is 6.65. The first kappa shape index (κ1) is 13.8. The van der Waals surface area contributed by atoms with Crippen molar-refractivity contribution in [2.45, 2.75) is 0 Å². The third-order valence-electron chi connectivity index (χ3n) is 3.49. The molecule has 0 unspecified atom stereocenters. The number of hydrogen-bond donors (Lipinski definition) is 2. The maximum Gasteiger partial charge on any atom is 0.336 e. The summed E-state index contributed by atoms with van der Waals surface area (Å²) >= 11 is 0. The SMILES string of the molecule is NC(=O)c1cccc2c1c(C(=O)O)cc[n+]2-c1ccccc1. The fourth-order valence-corrected chi connectivity index (χ4v) is 2.53. The molecule has 0 fully saturated rings. The monoisotopic (exact) mass is 293 g/mol. The van der Waals surface area contributed by atoms with Crippen LogP contribution in [0, 0.1) is 0 Å². The van der Waals surface area contributed by atoms with Crippen molar-refractivity contribution in [1.29, 1.82) is 0 Å². The Morgan fingerprint density at radius 1 is 0.909 bits per heavy atom. The molecule has 3 rings (SSSR count). The highest BCUT2D eigenvalue weighted by Gasteiger charge is 2.22. The largest absolute Gasteiger partial charge is 0.478 e. The highest BCUT2D eigenvalue weighted by atomic mass is 16.4. The molecule has 0 saturated carbocycles. The van der Waals surface area contributed by atoms with Crippen LogP contribution in [-0.4, -0.2) is 17.0 Å². The van der Waals surface area contributed by atoms with E-state index >= 15 is 0 Å². The minimum absolute atomic E-state index is 0.0524. The molecule has 0 aliphatic rings. The van der Waals surface area contributed by atoms with Gasteiger partial charge >= 0.3 is 5.97 Å². The van der Waals surface area contributed by atoms with Crippen molar-refractivity contribution in [2.24, 2.45) is 5.73 Å². The highest BCUT2D eigenvalue weighted by molar-refractivity contribution is 6.12. The molecule has 1 aromatic heterocycles. The Morgan fingerprint density at radius 2 is 1.64 bits per heavy atom. The van der Waals surface area contributed by atoms with Crippen LogP contribution in [0.25, 0.3) is 16.6 Å². The smallest absolute Gasteiger partial charge is 0.336 e. The number of carboxylic acid groups (broad SMARTS) is 1. The Hall–Kier alpha value is -3.21. The molecule has 3 N–H and O–H groups in total. The number of amides is 1. The zero-order chi connectivity index (χ0) is 15.7. The van der Waals surface area contributed by atoms with Crippen LogP contribution in [0.5, 0.6) is 0 Å². The number of carbonyl (C=O) groups excluding carboxylic acids is 1. The van der Waals surface area contributed by atoms with Gasteiger partial charge in [0.2, 0.25) is 17.1 Å². The molecule has 1 heterocycles. The van der Waals surface area contributed by atoms with Gasteiger partial charge in [0.25, 0.3) is 0 Å². The Morgan fingerprint density at radius 3 is 2.27 bits per heavy atom. The van der Waals surface area contributed by atoms with Crippen molar-refractivity contribution < 1.29 is 19.3 Å². The van der Waals surface area contributed by atoms with Gasteiger partial charge in [-0.3, -0.25) is 4.79 Å². The predicted octanol–water partition coefficient (Wildman–Crippen LogP) is 1.91. The van der Waals surface area contributed by atoms with E-state index in [0.717, 1.165) is 5.69 Å². The van der Waals surface area contributed by atoms with E-state index in [2.05, 4.69) is 0 Å². The first-order chi connectivity index (χ1) is 10.6. The van der Waals surface area contributed by atoms with Crippen LogP contribution >= 0.6 is 0 Å². The van der Waals surface area contributed by atoms with Gasteiger partial charge in [-0.25, -0.2) is 4.79 Å². The van der Waals surface area contributed by atoms with Crippen LogP contribution in [0.15, 0.2) is 60.8 Å². The Kier molecular flexibility index (Phi) is 3.31. The number of primary amides is 1. The summed E-state index contributed by atoms with van der Waals surface area (Å²) in [7, 11) is 0. The predicted molar refractivity (Wildman–Crippen MR) is 81.0 cm³/mol. The second-order valence-corrected chi connectivity index (χ2v) is 4.80. The van der Waals surface area contributed by atoms with E-state index in [0.29, 0.717) is 10.9 Å². The van der Waals surface area contributed by atoms with E-state index in [1.165, 1.54) is 12.1 Å². The molecule has 5 heteroatoms. The standard InChI is InChI=1S/C17H12N2O3/c18-16(20)12-7-4-8-14-15(12)13(17(21)22)9-10-19(14)11-5-2-1-3-6-11/h1-10H,(H2-,18,20,21,22)/p+1. The van der Waals surface area contributed by atoms with Crippen LogP contribution in [0.1, 0.15) is 20.7 Å². The second-order valence-electron chi connectivity index (χ2n) is 4.80. The Bertz CT molecular complexity index is 869. The fraction of sp³-hybridized carbons (Fsp3) is 0. The number of nitrogens with two attached hydrogens (primary N) is 1. The number of aromatic nitrogens is 1. The molecular weight excluding hydrogens is 280 g/mol. The lowest BCUT2D eigenvalue weighted by atomic mass is 10.0. The van der Waals surface area contributed by atoms with E-state index in [1.54, 1.807) is 18.3 Å². The second kappa shape index (κ2) is 5.29. The molecule has 0 radical (unpaired) electrons. The van der Waals surface area contributed by atoms with Crippen LogP contribution in [0.3, 0.4) is 0 Å². The third kappa shape index (κ3) is 2.18. The first-order valence-corrected chi connectivity index (χ1v) is 6.65. The minimum atomic E-state index is -1.10. The number of carbonyl (C=O) groups is 2. The number of benzene rings is 2. The van der Waals surface area contributed by atoms with Gasteiger partial charge in [0.1, 0.15) is 0 Å². The maximum absolute atomic E-state index is 11.7. The van der Waals surface area contributed by atoms with Gasteiger partial charge in [0.15, 0.2) is 6.20 Å². The molecule has 0 atom stereocenters. The van der Waals surface area contributed by atoms with Gasteiger partial charge in [-0.2, -0.15) is 4.57 Å². The quantitative estimate of drug-likeness (QED) is 0.723. The summed E-state index contributed by atoms with van der Waals surface area (Å²) in [6, 6.07) is 15.9. The minimum Gasteiger partial charge on any atom is -0.478 e. The molecular formula is C17H13N2O3+. The molecule has 2 aromatic carbocycles. The summed E-state index contributed by atoms with van der Waals surface area (Å²) in [4.78, 5) is 23.1. The lowest BCUT2D eigenvalue weighted by molar-refractivity contribution is -0.567. The summed E-state index contributed by atoms with van der Waals surface area (Å²) in [5.41, 5.74) is 7.12. The van der Waals surface area contributed by atoms with Crippen LogP contribution in [0.2, 0.25) is 0 Å². The number of para-hydroxylation sites is 1. The summed E-state index contributed by atoms with van der Waals surface area (Å²) < 4.78 is 1.83. The number of nitrogens with zero attached hydrogens (tertiary/aromatic N) is 1. The molecule has 0 saturated heterocycles. The zero-order valence-electron chi connectivity index (χ0n) is 11.6. The number of rotatable bonds is 3. The van der Waals surface area contributed by atoms with Crippen LogP contribution in [0.4, 0.5) is 0 Å². The van der Waals surface area contributed by atoms with E-state index in [-0.39, 0.29) is 11.1 Å². The van der Waals surface area contributed by atoms with Gasteiger partial charge in [-0.15, -0.1) is 0 Å². The summed E-state index contributed by atoms with van der Waals surface area (Å²) in [6.45, 7) is 0. The van der Waals surface area contributed by atoms with Crippen LogP contribution in [-0.2, 0) is 0 Å². The summed E-state index contributed by atoms with van der Waals surface area (Å²) in [5, 5.41) is 9.73. The van der Waals surface area contributed by atoms with Crippen molar-refractivity contribution in [2.75, 3.05) is 0 Å². The number of hydrogen-bond acceptors (Lipinski definition) is 2. The van der Waals surface area contributed by atoms with E-state index in [1.807, 2.05) is 34.9 Å². The number of fused-ring (bicyclic) bond motifs is 1. The van der Waals surface area contributed by atoms with Gasteiger partial charge < -0.3 is 10.8 Å². The topological polar surface area (TPSA) is 84.3 Å². The molecule has 0 bridgehead atoms. The van der Waals surface area contributed by atoms with Crippen molar-refractivity contribution in [1.82, 2.24) is 0 Å². The van der Waals surface area contributed by atoms with Crippen molar-refractivity contribution >= 4 is 22.8 Å².